The Labute approximate surface area is 175 Å². The van der Waals surface area contributed by atoms with Gasteiger partial charge in [0.1, 0.15) is 49.3 Å². The first-order valence-corrected chi connectivity index (χ1v) is 7.05. The molecule has 9 atom stereocenters. The van der Waals surface area contributed by atoms with Gasteiger partial charge in [-0.1, -0.05) is 0 Å². The first kappa shape index (κ1) is 25.8. The zero-order valence-corrected chi connectivity index (χ0v) is 15.5. The summed E-state index contributed by atoms with van der Waals surface area (Å²) in [6.07, 6.45) is -12.7. The second-order valence-corrected chi connectivity index (χ2v) is 5.56. The normalized spacial score (nSPS) is 47.0. The van der Waals surface area contributed by atoms with Gasteiger partial charge in [0.2, 0.25) is 5.79 Å². The van der Waals surface area contributed by atoms with Crippen molar-refractivity contribution in [3.63, 3.8) is 0 Å². The average molecular weight is 402 g/mol. The summed E-state index contributed by atoms with van der Waals surface area (Å²) in [5.74, 6) is -2.22. The van der Waals surface area contributed by atoms with Crippen molar-refractivity contribution in [3.05, 3.63) is 0 Å². The number of ether oxygens (including phenoxy) is 3. The van der Waals surface area contributed by atoms with Crippen LogP contribution in [0.4, 0.5) is 0 Å². The Balaban J connectivity index is -0.00000144. The standard InChI is InChI=1S/C12H22O11.Ca.H2O.2H/c13-1-4-6(16)8(18)9(19)11(21-4)23-12(3-15)10(20)7(17)5(2-14)22-12;;;;/h4-11,13-20H,1-3H2;;1H2;;/q;+2;;2*-1/t4-,5-,6-,7-,8+,9-,10+,11-,12+;;;;/m1..../s1. The van der Waals surface area contributed by atoms with Gasteiger partial charge in [-0.15, -0.1) is 0 Å². The van der Waals surface area contributed by atoms with Crippen molar-refractivity contribution >= 4 is 37.7 Å². The van der Waals surface area contributed by atoms with Crippen LogP contribution in [-0.4, -0.2) is 159 Å². The Hall–Kier alpha value is 0.780. The average Bonchev–Trinajstić information content (AvgIpc) is 2.80. The first-order valence-electron chi connectivity index (χ1n) is 7.05. The van der Waals surface area contributed by atoms with Crippen LogP contribution in [0, 0.1) is 0 Å². The molecule has 25 heavy (non-hydrogen) atoms. The smallest absolute Gasteiger partial charge is 1.00 e. The molecule has 0 aromatic rings. The number of hydrogen-bond donors (Lipinski definition) is 8. The topological polar surface area (TPSA) is 221 Å². The van der Waals surface area contributed by atoms with E-state index < -0.39 is 74.6 Å². The predicted molar refractivity (Wildman–Crippen MR) is 80.2 cm³/mol. The third-order valence-electron chi connectivity index (χ3n) is 4.07. The second-order valence-electron chi connectivity index (χ2n) is 5.56. The molecule has 2 fully saturated rings. The van der Waals surface area contributed by atoms with Crippen LogP contribution in [0.1, 0.15) is 2.85 Å². The fourth-order valence-corrected chi connectivity index (χ4v) is 2.63. The monoisotopic (exact) mass is 402 g/mol. The molecule has 2 saturated heterocycles. The van der Waals surface area contributed by atoms with Gasteiger partial charge in [0, 0.05) is 0 Å². The van der Waals surface area contributed by atoms with Crippen molar-refractivity contribution in [2.75, 3.05) is 19.8 Å². The van der Waals surface area contributed by atoms with Crippen molar-refractivity contribution in [1.82, 2.24) is 0 Å². The van der Waals surface area contributed by atoms with E-state index in [1.54, 1.807) is 0 Å². The molecule has 0 spiro atoms. The minimum atomic E-state index is -2.22. The summed E-state index contributed by atoms with van der Waals surface area (Å²) < 4.78 is 15.4. The molecule has 0 aromatic heterocycles. The second kappa shape index (κ2) is 10.4. The van der Waals surface area contributed by atoms with E-state index in [1.807, 2.05) is 0 Å². The van der Waals surface area contributed by atoms with Crippen molar-refractivity contribution in [1.29, 1.82) is 0 Å². The van der Waals surface area contributed by atoms with E-state index >= 15 is 0 Å². The Bertz CT molecular complexity index is 411. The van der Waals surface area contributed by atoms with Crippen LogP contribution < -0.4 is 0 Å². The minimum absolute atomic E-state index is 0. The maximum atomic E-state index is 10.00. The van der Waals surface area contributed by atoms with Crippen LogP contribution in [-0.2, 0) is 14.2 Å². The molecule has 148 valence electrons. The Morgan fingerprint density at radius 3 is 1.84 bits per heavy atom. The van der Waals surface area contributed by atoms with Crippen LogP contribution in [0.5, 0.6) is 0 Å². The summed E-state index contributed by atoms with van der Waals surface area (Å²) in [4.78, 5) is 0. The third-order valence-corrected chi connectivity index (χ3v) is 4.07. The number of aliphatic hydroxyl groups excluding tert-OH is 8. The van der Waals surface area contributed by atoms with E-state index in [9.17, 15) is 30.6 Å². The van der Waals surface area contributed by atoms with Crippen LogP contribution in [0.3, 0.4) is 0 Å². The van der Waals surface area contributed by atoms with Crippen molar-refractivity contribution in [2.45, 2.75) is 54.8 Å². The molecule has 2 aliphatic rings. The van der Waals surface area contributed by atoms with E-state index in [0.29, 0.717) is 0 Å². The predicted octanol–water partition coefficient (Wildman–Crippen LogP) is -6.38. The molecule has 2 aliphatic heterocycles. The Kier molecular flexibility index (Phi) is 10.7. The summed E-state index contributed by atoms with van der Waals surface area (Å²) in [6.45, 7) is -2.32. The molecule has 2 rings (SSSR count). The van der Waals surface area contributed by atoms with Crippen molar-refractivity contribution in [2.24, 2.45) is 0 Å². The number of rotatable bonds is 5. The van der Waals surface area contributed by atoms with E-state index in [4.69, 9.17) is 24.4 Å². The maximum Gasteiger partial charge on any atom is 2.00 e. The molecule has 10 N–H and O–H groups in total. The molecular weight excluding hydrogens is 376 g/mol. The molecular formula is C12H26CaO12. The molecule has 0 saturated carbocycles. The zero-order valence-electron chi connectivity index (χ0n) is 15.2. The zero-order chi connectivity index (χ0) is 17.4. The Morgan fingerprint density at radius 1 is 0.840 bits per heavy atom. The molecule has 0 unspecified atom stereocenters. The van der Waals surface area contributed by atoms with E-state index in [1.165, 1.54) is 0 Å². The summed E-state index contributed by atoms with van der Waals surface area (Å²) in [5, 5.41) is 76.7. The largest absolute Gasteiger partial charge is 2.00 e. The fraction of sp³-hybridized carbons (Fsp3) is 1.00. The van der Waals surface area contributed by atoms with Gasteiger partial charge in [-0.25, -0.2) is 0 Å². The summed E-state index contributed by atoms with van der Waals surface area (Å²) >= 11 is 0. The van der Waals surface area contributed by atoms with Gasteiger partial charge in [0.25, 0.3) is 0 Å². The van der Waals surface area contributed by atoms with Gasteiger partial charge in [-0.3, -0.25) is 0 Å². The van der Waals surface area contributed by atoms with Crippen LogP contribution >= 0.6 is 0 Å². The van der Waals surface area contributed by atoms with E-state index in [2.05, 4.69) is 0 Å². The molecule has 2 heterocycles. The first-order chi connectivity index (χ1) is 10.8. The summed E-state index contributed by atoms with van der Waals surface area (Å²) in [7, 11) is 0. The van der Waals surface area contributed by atoms with Gasteiger partial charge in [-0.2, -0.15) is 0 Å². The number of aliphatic hydroxyl groups is 8. The quantitative estimate of drug-likeness (QED) is 0.202. The maximum absolute atomic E-state index is 10.00. The van der Waals surface area contributed by atoms with E-state index in [-0.39, 0.29) is 46.1 Å². The minimum Gasteiger partial charge on any atom is -1.00 e. The van der Waals surface area contributed by atoms with Gasteiger partial charge < -0.3 is 63.4 Å². The van der Waals surface area contributed by atoms with E-state index in [0.717, 1.165) is 0 Å². The summed E-state index contributed by atoms with van der Waals surface area (Å²) in [5.41, 5.74) is 0. The van der Waals surface area contributed by atoms with Crippen molar-refractivity contribution in [3.8, 4) is 0 Å². The molecule has 12 nitrogen and oxygen atoms in total. The molecule has 0 aromatic carbocycles. The van der Waals surface area contributed by atoms with Crippen molar-refractivity contribution < 1.29 is 63.4 Å². The Morgan fingerprint density at radius 2 is 1.40 bits per heavy atom. The molecule has 13 heteroatoms. The molecule has 0 aliphatic carbocycles. The summed E-state index contributed by atoms with van der Waals surface area (Å²) in [6, 6.07) is 0. The molecule has 0 radical (unpaired) electrons. The van der Waals surface area contributed by atoms with Crippen LogP contribution in [0.2, 0.25) is 0 Å². The van der Waals surface area contributed by atoms with Gasteiger partial charge >= 0.3 is 37.7 Å². The van der Waals surface area contributed by atoms with Crippen LogP contribution in [0.15, 0.2) is 0 Å². The van der Waals surface area contributed by atoms with Crippen LogP contribution in [0.25, 0.3) is 0 Å². The molecule has 0 bridgehead atoms. The molecule has 0 amide bonds. The van der Waals surface area contributed by atoms with Gasteiger partial charge in [-0.05, 0) is 0 Å². The van der Waals surface area contributed by atoms with Gasteiger partial charge in [0.15, 0.2) is 6.29 Å². The SMILES string of the molecule is O.OC[C@H]1O[C@@](CO)(O[C@H]2O[C@H](CO)[C@@H](O)[C@H](O)[C@H]2O)[C@@H](O)[C@@H]1O.[Ca+2].[H-].[H-]. The number of hydrogen-bond acceptors (Lipinski definition) is 11. The fourth-order valence-electron chi connectivity index (χ4n) is 2.63. The van der Waals surface area contributed by atoms with Gasteiger partial charge in [0.05, 0.1) is 13.2 Å². The third kappa shape index (κ3) is 4.80.